The molecule has 34 heavy (non-hydrogen) atoms. The Bertz CT molecular complexity index is 865. The molecule has 2 rings (SSSR count). The molecule has 3 atom stereocenters. The van der Waals surface area contributed by atoms with Gasteiger partial charge in [-0.1, -0.05) is 62.4 Å². The minimum Gasteiger partial charge on any atom is -0.481 e. The van der Waals surface area contributed by atoms with Crippen LogP contribution in [0.5, 0.6) is 0 Å². The summed E-state index contributed by atoms with van der Waals surface area (Å²) in [5.74, 6) is -1.38. The fourth-order valence-corrected chi connectivity index (χ4v) is 2.93. The predicted octanol–water partition coefficient (Wildman–Crippen LogP) is 2.99. The largest absolute Gasteiger partial charge is 0.481 e. The van der Waals surface area contributed by atoms with Gasteiger partial charge in [0.15, 0.2) is 0 Å². The average molecular weight is 494 g/mol. The summed E-state index contributed by atoms with van der Waals surface area (Å²) in [5, 5.41) is 24.5. The Labute approximate surface area is 207 Å². The summed E-state index contributed by atoms with van der Waals surface area (Å²) >= 11 is 0. The number of hydrogen-bond acceptors (Lipinski definition) is 5. The summed E-state index contributed by atoms with van der Waals surface area (Å²) in [7, 11) is 0. The van der Waals surface area contributed by atoms with Crippen molar-refractivity contribution < 1.29 is 24.6 Å². The number of aliphatic hydroxyl groups excluding tert-OH is 1. The molecule has 0 aromatic heterocycles. The van der Waals surface area contributed by atoms with E-state index in [1.54, 1.807) is 0 Å². The van der Waals surface area contributed by atoms with E-state index in [0.717, 1.165) is 11.3 Å². The number of carboxylic acids is 1. The molecule has 9 heteroatoms. The Morgan fingerprint density at radius 3 is 1.97 bits per heavy atom. The number of carbonyl (C=O) groups excluding carboxylic acids is 2. The van der Waals surface area contributed by atoms with Crippen molar-refractivity contribution >= 4 is 35.9 Å². The minimum atomic E-state index is -0.979. The van der Waals surface area contributed by atoms with Gasteiger partial charge in [0.2, 0.25) is 11.8 Å². The Morgan fingerprint density at radius 1 is 0.971 bits per heavy atom. The maximum Gasteiger partial charge on any atom is 0.303 e. The number of aliphatic carboxylic acids is 1. The number of carbonyl (C=O) groups is 3. The summed E-state index contributed by atoms with van der Waals surface area (Å²) in [6, 6.07) is 17.5. The monoisotopic (exact) mass is 493 g/mol. The Morgan fingerprint density at radius 2 is 1.50 bits per heavy atom. The van der Waals surface area contributed by atoms with Gasteiger partial charge >= 0.3 is 5.97 Å². The van der Waals surface area contributed by atoms with Crippen molar-refractivity contribution in [3.63, 3.8) is 0 Å². The van der Waals surface area contributed by atoms with E-state index in [9.17, 15) is 19.5 Å². The van der Waals surface area contributed by atoms with Gasteiger partial charge in [-0.15, -0.1) is 12.4 Å². The fraction of sp³-hybridized carbons (Fsp3) is 0.400. The second kappa shape index (κ2) is 16.6. The molecular weight excluding hydrogens is 458 g/mol. The molecule has 2 aromatic rings. The van der Waals surface area contributed by atoms with E-state index < -0.39 is 24.2 Å². The Kier molecular flexibility index (Phi) is 15.2. The van der Waals surface area contributed by atoms with Crippen molar-refractivity contribution in [1.82, 2.24) is 5.32 Å². The lowest BCUT2D eigenvalue weighted by Crippen LogP contribution is -2.52. The SMILES string of the molecule is CC(=O)Nc1ccccc1.CC(C)[C@H](N)C(=O)N[C@@H](Cc1ccccc1)[C@@H](O)CCC(=O)O.Cl. The lowest BCUT2D eigenvalue weighted by atomic mass is 9.97. The molecule has 0 aliphatic rings. The van der Waals surface area contributed by atoms with E-state index in [1.165, 1.54) is 6.92 Å². The summed E-state index contributed by atoms with van der Waals surface area (Å²) in [6.07, 6.45) is -0.615. The molecule has 2 aromatic carbocycles. The third-order valence-corrected chi connectivity index (χ3v) is 4.86. The highest BCUT2D eigenvalue weighted by Crippen LogP contribution is 2.11. The van der Waals surface area contributed by atoms with Crippen LogP contribution in [0.1, 0.15) is 39.2 Å². The van der Waals surface area contributed by atoms with Crippen LogP contribution in [0.3, 0.4) is 0 Å². The molecule has 0 aliphatic heterocycles. The summed E-state index contributed by atoms with van der Waals surface area (Å²) in [6.45, 7) is 5.18. The van der Waals surface area contributed by atoms with Crippen LogP contribution >= 0.6 is 12.4 Å². The molecule has 0 spiro atoms. The van der Waals surface area contributed by atoms with Gasteiger partial charge < -0.3 is 26.6 Å². The van der Waals surface area contributed by atoms with Gasteiger partial charge in [0.05, 0.1) is 18.2 Å². The number of para-hydroxylation sites is 1. The third kappa shape index (κ3) is 12.9. The zero-order chi connectivity index (χ0) is 24.8. The van der Waals surface area contributed by atoms with Crippen molar-refractivity contribution in [3.8, 4) is 0 Å². The molecule has 0 aliphatic carbocycles. The zero-order valence-corrected chi connectivity index (χ0v) is 20.6. The maximum absolute atomic E-state index is 12.2. The van der Waals surface area contributed by atoms with E-state index in [1.807, 2.05) is 74.5 Å². The number of benzene rings is 2. The minimum absolute atomic E-state index is 0. The van der Waals surface area contributed by atoms with Crippen molar-refractivity contribution in [3.05, 3.63) is 66.2 Å². The fourth-order valence-electron chi connectivity index (χ4n) is 2.93. The first kappa shape index (κ1) is 31.1. The molecule has 0 unspecified atom stereocenters. The first-order valence-corrected chi connectivity index (χ1v) is 10.9. The van der Waals surface area contributed by atoms with Crippen LogP contribution in [-0.2, 0) is 20.8 Å². The summed E-state index contributed by atoms with van der Waals surface area (Å²) < 4.78 is 0. The number of aliphatic hydroxyl groups is 1. The van der Waals surface area contributed by atoms with Gasteiger partial charge in [-0.2, -0.15) is 0 Å². The first-order valence-electron chi connectivity index (χ1n) is 10.9. The van der Waals surface area contributed by atoms with Crippen molar-refractivity contribution in [2.75, 3.05) is 5.32 Å². The maximum atomic E-state index is 12.2. The standard InChI is InChI=1S/C17H26N2O4.C8H9NO.ClH/c1-11(2)16(18)17(23)19-13(14(20)8-9-15(21)22)10-12-6-4-3-5-7-12;1-7(10)9-8-5-3-2-4-6-8;/h3-7,11,13-14,16,20H,8-10,18H2,1-2H3,(H,19,23)(H,21,22);2-6H,1H3,(H,9,10);1H/t13-,14-,16-;;/m0../s1. The van der Waals surface area contributed by atoms with E-state index in [0.29, 0.717) is 6.42 Å². The van der Waals surface area contributed by atoms with Crippen LogP contribution in [0, 0.1) is 5.92 Å². The van der Waals surface area contributed by atoms with E-state index in [4.69, 9.17) is 10.8 Å². The Balaban J connectivity index is 0.000000827. The number of nitrogens with two attached hydrogens (primary N) is 1. The lowest BCUT2D eigenvalue weighted by Gasteiger charge is -2.26. The van der Waals surface area contributed by atoms with Gasteiger partial charge in [-0.05, 0) is 36.5 Å². The van der Waals surface area contributed by atoms with Gasteiger partial charge in [0.1, 0.15) is 0 Å². The van der Waals surface area contributed by atoms with Crippen molar-refractivity contribution in [2.45, 2.75) is 58.2 Å². The number of nitrogens with one attached hydrogen (secondary N) is 2. The van der Waals surface area contributed by atoms with Crippen molar-refractivity contribution in [1.29, 1.82) is 0 Å². The van der Waals surface area contributed by atoms with Gasteiger partial charge in [0, 0.05) is 19.0 Å². The second-order valence-electron chi connectivity index (χ2n) is 8.12. The number of anilines is 1. The topological polar surface area (TPSA) is 142 Å². The highest BCUT2D eigenvalue weighted by molar-refractivity contribution is 5.88. The quantitative estimate of drug-likeness (QED) is 0.344. The van der Waals surface area contributed by atoms with E-state index in [2.05, 4.69) is 10.6 Å². The molecule has 6 N–H and O–H groups in total. The molecule has 2 amide bonds. The van der Waals surface area contributed by atoms with Crippen LogP contribution < -0.4 is 16.4 Å². The molecule has 0 fully saturated rings. The molecule has 0 bridgehead atoms. The number of hydrogen-bond donors (Lipinski definition) is 5. The van der Waals surface area contributed by atoms with E-state index >= 15 is 0 Å². The highest BCUT2D eigenvalue weighted by Gasteiger charge is 2.26. The predicted molar refractivity (Wildman–Crippen MR) is 136 cm³/mol. The zero-order valence-electron chi connectivity index (χ0n) is 19.8. The summed E-state index contributed by atoms with van der Waals surface area (Å²) in [5.41, 5.74) is 7.63. The van der Waals surface area contributed by atoms with E-state index in [-0.39, 0.29) is 43.0 Å². The van der Waals surface area contributed by atoms with Crippen LogP contribution in [0.15, 0.2) is 60.7 Å². The average Bonchev–Trinajstić information content (AvgIpc) is 2.77. The van der Waals surface area contributed by atoms with Crippen molar-refractivity contribution in [2.24, 2.45) is 11.7 Å². The second-order valence-corrected chi connectivity index (χ2v) is 8.12. The van der Waals surface area contributed by atoms with Crippen LogP contribution in [0.25, 0.3) is 0 Å². The van der Waals surface area contributed by atoms with Crippen LogP contribution in [0.4, 0.5) is 5.69 Å². The molecule has 188 valence electrons. The van der Waals surface area contributed by atoms with Gasteiger partial charge in [-0.3, -0.25) is 14.4 Å². The molecule has 0 heterocycles. The number of halogens is 1. The number of rotatable bonds is 10. The molecule has 0 saturated carbocycles. The lowest BCUT2D eigenvalue weighted by molar-refractivity contribution is -0.137. The molecule has 0 radical (unpaired) electrons. The number of amides is 2. The molecular formula is C25H36ClN3O5. The normalized spacial score (nSPS) is 12.8. The number of carboxylic acid groups (broad SMARTS) is 1. The van der Waals surface area contributed by atoms with Crippen LogP contribution in [0.2, 0.25) is 0 Å². The Hall–Kier alpha value is -2.94. The third-order valence-electron chi connectivity index (χ3n) is 4.86. The molecule has 0 saturated heterocycles. The molecule has 8 nitrogen and oxygen atoms in total. The summed E-state index contributed by atoms with van der Waals surface area (Å²) in [4.78, 5) is 33.4. The first-order chi connectivity index (χ1) is 15.6. The smallest absolute Gasteiger partial charge is 0.303 e. The van der Waals surface area contributed by atoms with Gasteiger partial charge in [0.25, 0.3) is 0 Å². The van der Waals surface area contributed by atoms with Gasteiger partial charge in [-0.25, -0.2) is 0 Å². The highest BCUT2D eigenvalue weighted by atomic mass is 35.5. The van der Waals surface area contributed by atoms with Crippen LogP contribution in [-0.4, -0.2) is 46.2 Å².